The van der Waals surface area contributed by atoms with E-state index in [1.807, 2.05) is 7.05 Å². The van der Waals surface area contributed by atoms with E-state index >= 15 is 0 Å². The van der Waals surface area contributed by atoms with Gasteiger partial charge in [-0.05, 0) is 39.3 Å². The summed E-state index contributed by atoms with van der Waals surface area (Å²) in [6, 6.07) is 0.227. The first-order valence-corrected chi connectivity index (χ1v) is 7.47. The normalized spacial score (nSPS) is 37.0. The van der Waals surface area contributed by atoms with Crippen LogP contribution in [-0.2, 0) is 10.0 Å². The van der Waals surface area contributed by atoms with Crippen LogP contribution in [0.3, 0.4) is 0 Å². The quantitative estimate of drug-likeness (QED) is 0.704. The highest BCUT2D eigenvalue weighted by Crippen LogP contribution is 2.21. The topological polar surface area (TPSA) is 75.4 Å². The molecule has 2 rings (SSSR count). The summed E-state index contributed by atoms with van der Waals surface area (Å²) in [6.07, 6.45) is 3.33. The van der Waals surface area contributed by atoms with Crippen LogP contribution in [0, 0.1) is 0 Å². The van der Waals surface area contributed by atoms with Crippen molar-refractivity contribution in [1.82, 2.24) is 9.62 Å². The van der Waals surface area contributed by atoms with Crippen molar-refractivity contribution in [1.29, 1.82) is 0 Å². The van der Waals surface area contributed by atoms with E-state index in [0.717, 1.165) is 32.2 Å². The smallest absolute Gasteiger partial charge is 0.216 e. The zero-order chi connectivity index (χ0) is 11.8. The Balaban J connectivity index is 1.92. The van der Waals surface area contributed by atoms with Crippen molar-refractivity contribution in [2.75, 3.05) is 20.1 Å². The Morgan fingerprint density at radius 3 is 2.56 bits per heavy atom. The molecule has 0 bridgehead atoms. The Morgan fingerprint density at radius 2 is 2.06 bits per heavy atom. The molecule has 1 saturated carbocycles. The lowest BCUT2D eigenvalue weighted by Gasteiger charge is -2.17. The molecule has 2 aliphatic rings. The minimum Gasteiger partial charge on any atom is -0.328 e. The van der Waals surface area contributed by atoms with Crippen LogP contribution in [0.5, 0.6) is 0 Å². The van der Waals surface area contributed by atoms with Gasteiger partial charge in [0, 0.05) is 18.6 Å². The zero-order valence-corrected chi connectivity index (χ0v) is 10.5. The van der Waals surface area contributed by atoms with E-state index in [-0.39, 0.29) is 17.3 Å². The van der Waals surface area contributed by atoms with Gasteiger partial charge in [0.05, 0.1) is 5.25 Å². The molecule has 0 amide bonds. The van der Waals surface area contributed by atoms with Gasteiger partial charge in [-0.2, -0.15) is 0 Å². The van der Waals surface area contributed by atoms with E-state index in [4.69, 9.17) is 5.73 Å². The summed E-state index contributed by atoms with van der Waals surface area (Å²) in [7, 11) is -1.19. The first kappa shape index (κ1) is 12.3. The number of sulfonamides is 1. The van der Waals surface area contributed by atoms with E-state index < -0.39 is 10.0 Å². The number of nitrogens with zero attached hydrogens (tertiary/aromatic N) is 1. The molecule has 0 aromatic heterocycles. The van der Waals surface area contributed by atoms with Crippen LogP contribution in [-0.4, -0.2) is 50.8 Å². The number of nitrogens with one attached hydrogen (secondary N) is 1. The Labute approximate surface area is 97.4 Å². The summed E-state index contributed by atoms with van der Waals surface area (Å²) in [6.45, 7) is 1.52. The van der Waals surface area contributed by atoms with Gasteiger partial charge in [-0.25, -0.2) is 13.1 Å². The van der Waals surface area contributed by atoms with Crippen LogP contribution in [0.4, 0.5) is 0 Å². The first-order chi connectivity index (χ1) is 7.47. The van der Waals surface area contributed by atoms with Crippen LogP contribution in [0.25, 0.3) is 0 Å². The van der Waals surface area contributed by atoms with Gasteiger partial charge < -0.3 is 10.6 Å². The molecule has 16 heavy (non-hydrogen) atoms. The molecular formula is C10H21N3O2S. The minimum atomic E-state index is -3.15. The van der Waals surface area contributed by atoms with Gasteiger partial charge in [0.2, 0.25) is 10.0 Å². The first-order valence-electron chi connectivity index (χ1n) is 5.92. The number of hydrogen-bond donors (Lipinski definition) is 2. The highest BCUT2D eigenvalue weighted by molar-refractivity contribution is 7.90. The number of nitrogens with two attached hydrogens (primary N) is 1. The SMILES string of the molecule is CN1CCC(S(=O)(=O)NC2CCC(N)C2)C1. The van der Waals surface area contributed by atoms with E-state index in [0.29, 0.717) is 6.54 Å². The maximum atomic E-state index is 12.1. The van der Waals surface area contributed by atoms with Crippen molar-refractivity contribution in [2.24, 2.45) is 5.73 Å². The molecule has 1 heterocycles. The molecule has 5 nitrogen and oxygen atoms in total. The lowest BCUT2D eigenvalue weighted by atomic mass is 10.2. The molecule has 1 aliphatic heterocycles. The average molecular weight is 247 g/mol. The summed E-state index contributed by atoms with van der Waals surface area (Å²) in [5, 5.41) is -0.241. The van der Waals surface area contributed by atoms with Crippen LogP contribution in [0.15, 0.2) is 0 Å². The van der Waals surface area contributed by atoms with Crippen molar-refractivity contribution >= 4 is 10.0 Å². The Kier molecular flexibility index (Phi) is 3.53. The average Bonchev–Trinajstić information content (AvgIpc) is 2.75. The fourth-order valence-corrected chi connectivity index (χ4v) is 4.34. The Morgan fingerprint density at radius 1 is 1.31 bits per heavy atom. The number of likely N-dealkylation sites (tertiary alicyclic amines) is 1. The standard InChI is InChI=1S/C10H21N3O2S/c1-13-5-4-10(7-13)16(14,15)12-9-3-2-8(11)6-9/h8-10,12H,2-7,11H2,1H3. The molecule has 94 valence electrons. The molecule has 2 fully saturated rings. The molecule has 1 aliphatic carbocycles. The Bertz CT molecular complexity index is 344. The minimum absolute atomic E-state index is 0.0610. The third kappa shape index (κ3) is 2.74. The molecular weight excluding hydrogens is 226 g/mol. The van der Waals surface area contributed by atoms with E-state index in [1.165, 1.54) is 0 Å². The Hall–Kier alpha value is -0.170. The highest BCUT2D eigenvalue weighted by atomic mass is 32.2. The van der Waals surface area contributed by atoms with Crippen molar-refractivity contribution < 1.29 is 8.42 Å². The van der Waals surface area contributed by atoms with Crippen molar-refractivity contribution in [3.05, 3.63) is 0 Å². The third-order valence-electron chi connectivity index (χ3n) is 3.59. The molecule has 0 aromatic rings. The second-order valence-corrected chi connectivity index (χ2v) is 7.10. The van der Waals surface area contributed by atoms with Gasteiger partial charge in [0.25, 0.3) is 0 Å². The van der Waals surface area contributed by atoms with Gasteiger partial charge in [-0.1, -0.05) is 0 Å². The lowest BCUT2D eigenvalue weighted by molar-refractivity contribution is 0.416. The highest BCUT2D eigenvalue weighted by Gasteiger charge is 2.34. The van der Waals surface area contributed by atoms with Gasteiger partial charge in [0.15, 0.2) is 0 Å². The number of hydrogen-bond acceptors (Lipinski definition) is 4. The molecule has 0 spiro atoms. The second kappa shape index (κ2) is 4.60. The zero-order valence-electron chi connectivity index (χ0n) is 9.72. The van der Waals surface area contributed by atoms with E-state index in [1.54, 1.807) is 0 Å². The summed E-state index contributed by atoms with van der Waals surface area (Å²) in [5.74, 6) is 0. The van der Waals surface area contributed by atoms with Gasteiger partial charge in [-0.3, -0.25) is 0 Å². The summed E-state index contributed by atoms with van der Waals surface area (Å²) in [4.78, 5) is 2.06. The van der Waals surface area contributed by atoms with Crippen LogP contribution in [0.2, 0.25) is 0 Å². The van der Waals surface area contributed by atoms with Crippen molar-refractivity contribution in [3.8, 4) is 0 Å². The van der Waals surface area contributed by atoms with Gasteiger partial charge >= 0.3 is 0 Å². The maximum absolute atomic E-state index is 12.1. The summed E-state index contributed by atoms with van der Waals surface area (Å²) < 4.78 is 26.9. The third-order valence-corrected chi connectivity index (χ3v) is 5.52. The predicted molar refractivity (Wildman–Crippen MR) is 63.6 cm³/mol. The molecule has 0 aromatic carbocycles. The fraction of sp³-hybridized carbons (Fsp3) is 1.00. The fourth-order valence-electron chi connectivity index (χ4n) is 2.60. The van der Waals surface area contributed by atoms with E-state index in [9.17, 15) is 8.42 Å². The maximum Gasteiger partial charge on any atom is 0.216 e. The molecule has 3 unspecified atom stereocenters. The summed E-state index contributed by atoms with van der Waals surface area (Å²) >= 11 is 0. The molecule has 3 atom stereocenters. The molecule has 3 N–H and O–H groups in total. The number of rotatable bonds is 3. The van der Waals surface area contributed by atoms with Gasteiger partial charge in [0.1, 0.15) is 0 Å². The van der Waals surface area contributed by atoms with Crippen LogP contribution < -0.4 is 10.5 Å². The predicted octanol–water partition coefficient (Wildman–Crippen LogP) is -0.510. The molecule has 0 radical (unpaired) electrons. The van der Waals surface area contributed by atoms with Crippen LogP contribution in [0.1, 0.15) is 25.7 Å². The van der Waals surface area contributed by atoms with Crippen molar-refractivity contribution in [2.45, 2.75) is 43.0 Å². The second-order valence-electron chi connectivity index (χ2n) is 5.11. The molecule has 6 heteroatoms. The monoisotopic (exact) mass is 247 g/mol. The molecule has 1 saturated heterocycles. The largest absolute Gasteiger partial charge is 0.328 e. The van der Waals surface area contributed by atoms with Gasteiger partial charge in [-0.15, -0.1) is 0 Å². The van der Waals surface area contributed by atoms with Crippen LogP contribution >= 0.6 is 0 Å². The lowest BCUT2D eigenvalue weighted by Crippen LogP contribution is -2.41. The summed E-state index contributed by atoms with van der Waals surface area (Å²) in [5.41, 5.74) is 5.78. The van der Waals surface area contributed by atoms with Crippen molar-refractivity contribution in [3.63, 3.8) is 0 Å². The van der Waals surface area contributed by atoms with E-state index in [2.05, 4.69) is 9.62 Å².